The van der Waals surface area contributed by atoms with Crippen LogP contribution in [0.15, 0.2) is 41.1 Å². The van der Waals surface area contributed by atoms with E-state index in [9.17, 15) is 4.79 Å². The first-order valence-electron chi connectivity index (χ1n) is 5.42. The summed E-state index contributed by atoms with van der Waals surface area (Å²) in [5.41, 5.74) is 0.526. The second-order valence-electron chi connectivity index (χ2n) is 3.87. The fraction of sp³-hybridized carbons (Fsp3) is 0.0769. The lowest BCUT2D eigenvalue weighted by Gasteiger charge is -2.11. The minimum Gasteiger partial charge on any atom is -0.476 e. The molecule has 0 aliphatic carbocycles. The number of nitrogens with zero attached hydrogens (tertiary/aromatic N) is 1. The molecule has 2 aromatic rings. The van der Waals surface area contributed by atoms with E-state index in [1.54, 1.807) is 18.2 Å². The molecule has 1 heterocycles. The fourth-order valence-electron chi connectivity index (χ4n) is 1.53. The van der Waals surface area contributed by atoms with Gasteiger partial charge in [-0.2, -0.15) is 0 Å². The Hall–Kier alpha value is -1.45. The molecule has 0 saturated heterocycles. The number of aldehydes is 1. The van der Waals surface area contributed by atoms with E-state index in [0.29, 0.717) is 22.8 Å². The van der Waals surface area contributed by atoms with Crippen molar-refractivity contribution in [1.82, 2.24) is 0 Å². The zero-order valence-corrected chi connectivity index (χ0v) is 12.9. The van der Waals surface area contributed by atoms with E-state index in [1.807, 2.05) is 30.1 Å². The van der Waals surface area contributed by atoms with Gasteiger partial charge in [0.15, 0.2) is 29.6 Å². The first kappa shape index (κ1) is 14.0. The molecule has 0 aliphatic rings. The van der Waals surface area contributed by atoms with Crippen molar-refractivity contribution in [2.75, 3.05) is 0 Å². The molecule has 0 saturated carbocycles. The number of hydrogen-bond donors (Lipinski definition) is 0. The van der Waals surface area contributed by atoms with Crippen LogP contribution >= 0.6 is 25.4 Å². The molecule has 0 N–H and O–H groups in total. The van der Waals surface area contributed by atoms with Crippen molar-refractivity contribution in [1.29, 1.82) is 0 Å². The third-order valence-corrected chi connectivity index (χ3v) is 3.31. The smallest absolute Gasteiger partial charge is 0.186 e. The van der Waals surface area contributed by atoms with Crippen LogP contribution in [0.3, 0.4) is 0 Å². The Morgan fingerprint density at radius 3 is 2.68 bits per heavy atom. The molecule has 1 atom stereocenters. The highest BCUT2D eigenvalue weighted by Gasteiger charge is 2.11. The van der Waals surface area contributed by atoms with Crippen LogP contribution in [0.2, 0.25) is 0 Å². The van der Waals surface area contributed by atoms with E-state index in [0.717, 1.165) is 10.8 Å². The van der Waals surface area contributed by atoms with Gasteiger partial charge in [0.1, 0.15) is 17.8 Å². The molecule has 0 amide bonds. The summed E-state index contributed by atoms with van der Waals surface area (Å²) < 4.78 is 13.6. The number of ether oxygens (including phenoxy) is 1. The molecule has 0 bridgehead atoms. The van der Waals surface area contributed by atoms with E-state index in [2.05, 4.69) is 25.4 Å². The summed E-state index contributed by atoms with van der Waals surface area (Å²) in [6.45, 7) is 0. The second-order valence-corrected chi connectivity index (χ2v) is 4.96. The van der Waals surface area contributed by atoms with Crippen LogP contribution in [0, 0.1) is 0 Å². The number of pyridine rings is 1. The number of halogens is 1. The van der Waals surface area contributed by atoms with Crippen LogP contribution in [-0.2, 0) is 7.05 Å². The van der Waals surface area contributed by atoms with Gasteiger partial charge in [-0.25, -0.2) is 4.57 Å². The van der Waals surface area contributed by atoms with Gasteiger partial charge in [0.25, 0.3) is 0 Å². The normalized spacial score (nSPS) is 10.1. The molecular weight excluding hydrogens is 329 g/mol. The zero-order chi connectivity index (χ0) is 13.8. The van der Waals surface area contributed by atoms with E-state index >= 15 is 0 Å². The Kier molecular flexibility index (Phi) is 4.51. The highest BCUT2D eigenvalue weighted by molar-refractivity contribution is 9.10. The molecule has 98 valence electrons. The zero-order valence-electron chi connectivity index (χ0n) is 10.2. The van der Waals surface area contributed by atoms with Crippen LogP contribution in [-0.4, -0.2) is 6.29 Å². The molecule has 0 fully saturated rings. The number of aryl methyl sites for hydroxylation is 1. The Bertz CT molecular complexity index is 619. The Morgan fingerprint density at radius 2 is 2.05 bits per heavy atom. The molecule has 2 rings (SSSR count). The van der Waals surface area contributed by atoms with E-state index in [4.69, 9.17) is 9.26 Å². The van der Waals surface area contributed by atoms with Crippen LogP contribution in [0.5, 0.6) is 17.2 Å². The van der Waals surface area contributed by atoms with E-state index in [-0.39, 0.29) is 0 Å². The van der Waals surface area contributed by atoms with E-state index in [1.165, 1.54) is 0 Å². The van der Waals surface area contributed by atoms with Gasteiger partial charge >= 0.3 is 0 Å². The van der Waals surface area contributed by atoms with Crippen LogP contribution in [0.25, 0.3) is 0 Å². The molecule has 4 nitrogen and oxygen atoms in total. The van der Waals surface area contributed by atoms with Gasteiger partial charge in [-0.1, -0.05) is 0 Å². The lowest BCUT2D eigenvalue weighted by molar-refractivity contribution is -0.672. The summed E-state index contributed by atoms with van der Waals surface area (Å²) in [5.74, 6) is 1.66. The second kappa shape index (κ2) is 6.13. The molecule has 0 spiro atoms. The van der Waals surface area contributed by atoms with Gasteiger partial charge in [-0.3, -0.25) is 4.79 Å². The first-order valence-corrected chi connectivity index (χ1v) is 6.69. The topological polar surface area (TPSA) is 39.4 Å². The van der Waals surface area contributed by atoms with E-state index < -0.39 is 0 Å². The van der Waals surface area contributed by atoms with Crippen LogP contribution < -0.4 is 13.8 Å². The lowest BCUT2D eigenvalue weighted by atomic mass is 10.2. The molecule has 1 aromatic heterocycles. The van der Waals surface area contributed by atoms with Crippen molar-refractivity contribution in [3.8, 4) is 17.2 Å². The molecule has 19 heavy (non-hydrogen) atoms. The monoisotopic (exact) mass is 340 g/mol. The molecular formula is C13H12BrNO3P+. The average Bonchev–Trinajstić information content (AvgIpc) is 2.41. The number of aromatic nitrogens is 1. The van der Waals surface area contributed by atoms with Gasteiger partial charge in [-0.15, -0.1) is 0 Å². The fourth-order valence-corrected chi connectivity index (χ4v) is 2.26. The van der Waals surface area contributed by atoms with Gasteiger partial charge in [-0.05, 0) is 34.1 Å². The van der Waals surface area contributed by atoms with Crippen molar-refractivity contribution in [2.45, 2.75) is 0 Å². The van der Waals surface area contributed by atoms with Crippen molar-refractivity contribution < 1.29 is 18.6 Å². The maximum absolute atomic E-state index is 10.8. The van der Waals surface area contributed by atoms with Crippen molar-refractivity contribution in [3.05, 3.63) is 46.7 Å². The van der Waals surface area contributed by atoms with Crippen molar-refractivity contribution in [2.24, 2.45) is 7.05 Å². The number of hydrogen-bond acceptors (Lipinski definition) is 3. The van der Waals surface area contributed by atoms with Crippen LogP contribution in [0.4, 0.5) is 0 Å². The standard InChI is InChI=1S/C13H12BrNO3P/c1-15-5-4-11(10(14)7-15)17-13-6-9(8-16)2-3-12(13)18-19/h2-8H,19H2,1H3/q+1. The predicted octanol–water partition coefficient (Wildman–Crippen LogP) is 3.05. The van der Waals surface area contributed by atoms with Gasteiger partial charge in [0.2, 0.25) is 0 Å². The highest BCUT2D eigenvalue weighted by Crippen LogP contribution is 2.35. The third kappa shape index (κ3) is 3.31. The van der Waals surface area contributed by atoms with Crippen molar-refractivity contribution in [3.63, 3.8) is 0 Å². The summed E-state index contributed by atoms with van der Waals surface area (Å²) in [6, 6.07) is 6.80. The summed E-state index contributed by atoms with van der Waals surface area (Å²) >= 11 is 3.43. The number of rotatable bonds is 4. The summed E-state index contributed by atoms with van der Waals surface area (Å²) in [5, 5.41) is 0. The average molecular weight is 341 g/mol. The lowest BCUT2D eigenvalue weighted by Crippen LogP contribution is -2.26. The molecule has 0 radical (unpaired) electrons. The van der Waals surface area contributed by atoms with Gasteiger partial charge in [0, 0.05) is 11.6 Å². The highest BCUT2D eigenvalue weighted by atomic mass is 79.9. The summed E-state index contributed by atoms with van der Waals surface area (Å²) in [4.78, 5) is 10.8. The Labute approximate surface area is 121 Å². The minimum absolute atomic E-state index is 0.481. The maximum Gasteiger partial charge on any atom is 0.186 e. The Morgan fingerprint density at radius 1 is 1.26 bits per heavy atom. The maximum atomic E-state index is 10.8. The number of carbonyl (C=O) groups excluding carboxylic acids is 1. The SMILES string of the molecule is C[n+]1ccc(Oc2cc(C=O)ccc2OP)c(Br)c1. The molecule has 6 heteroatoms. The molecule has 1 unspecified atom stereocenters. The van der Waals surface area contributed by atoms with Gasteiger partial charge in [0.05, 0.1) is 9.47 Å². The minimum atomic E-state index is 0.481. The third-order valence-electron chi connectivity index (χ3n) is 2.46. The van der Waals surface area contributed by atoms with Gasteiger partial charge < -0.3 is 9.26 Å². The predicted molar refractivity (Wildman–Crippen MR) is 77.6 cm³/mol. The Balaban J connectivity index is 2.38. The number of benzene rings is 1. The summed E-state index contributed by atoms with van der Waals surface area (Å²) in [6.07, 6.45) is 4.50. The number of carbonyl (C=O) groups is 1. The largest absolute Gasteiger partial charge is 0.476 e. The molecule has 1 aromatic carbocycles. The summed E-state index contributed by atoms with van der Waals surface area (Å²) in [7, 11) is 4.08. The quantitative estimate of drug-likeness (QED) is 0.488. The van der Waals surface area contributed by atoms with Crippen LogP contribution in [0.1, 0.15) is 10.4 Å². The first-order chi connectivity index (χ1) is 9.13. The van der Waals surface area contributed by atoms with Crippen molar-refractivity contribution >= 4 is 31.7 Å². The molecule has 0 aliphatic heterocycles.